The molecule has 152 valence electrons. The predicted molar refractivity (Wildman–Crippen MR) is 120 cm³/mol. The Labute approximate surface area is 179 Å². The molecule has 1 heterocycles. The van der Waals surface area contributed by atoms with Crippen molar-refractivity contribution in [3.8, 4) is 11.5 Å². The van der Waals surface area contributed by atoms with Crippen molar-refractivity contribution in [1.29, 1.82) is 0 Å². The molecule has 4 rings (SSSR count). The fourth-order valence-electron chi connectivity index (χ4n) is 3.38. The van der Waals surface area contributed by atoms with E-state index in [-0.39, 0.29) is 17.7 Å². The van der Waals surface area contributed by atoms with Crippen molar-refractivity contribution in [3.05, 3.63) is 77.4 Å². The van der Waals surface area contributed by atoms with Crippen molar-refractivity contribution in [1.82, 2.24) is 15.5 Å². The van der Waals surface area contributed by atoms with Gasteiger partial charge in [-0.25, -0.2) is 0 Å². The number of nitrogens with zero attached hydrogens (tertiary/aromatic N) is 2. The molecule has 0 radical (unpaired) electrons. The lowest BCUT2D eigenvalue weighted by atomic mass is 10.00. The zero-order valence-corrected chi connectivity index (χ0v) is 18.0. The van der Waals surface area contributed by atoms with Gasteiger partial charge in [0.1, 0.15) is 0 Å². The highest BCUT2D eigenvalue weighted by Crippen LogP contribution is 2.26. The highest BCUT2D eigenvalue weighted by molar-refractivity contribution is 7.99. The number of thioether (sulfide) groups is 1. The molecule has 4 aromatic rings. The van der Waals surface area contributed by atoms with Gasteiger partial charge in [-0.1, -0.05) is 60.3 Å². The van der Waals surface area contributed by atoms with E-state index in [0.717, 1.165) is 21.9 Å². The van der Waals surface area contributed by atoms with Gasteiger partial charge >= 0.3 is 0 Å². The lowest BCUT2D eigenvalue weighted by Gasteiger charge is -2.16. The third-order valence-electron chi connectivity index (χ3n) is 5.15. The van der Waals surface area contributed by atoms with E-state index in [4.69, 9.17) is 4.42 Å². The molecule has 0 saturated carbocycles. The van der Waals surface area contributed by atoms with Gasteiger partial charge in [-0.15, -0.1) is 10.2 Å². The Hall–Kier alpha value is -3.12. The normalized spacial score (nSPS) is 12.1. The number of carbonyl (C=O) groups is 1. The smallest absolute Gasteiger partial charge is 0.277 e. The number of rotatable bonds is 6. The Morgan fingerprint density at radius 3 is 2.67 bits per heavy atom. The Morgan fingerprint density at radius 2 is 1.83 bits per heavy atom. The van der Waals surface area contributed by atoms with Gasteiger partial charge in [-0.3, -0.25) is 4.79 Å². The van der Waals surface area contributed by atoms with E-state index in [1.165, 1.54) is 22.9 Å². The third kappa shape index (κ3) is 4.39. The van der Waals surface area contributed by atoms with Crippen molar-refractivity contribution in [2.75, 3.05) is 5.75 Å². The molecule has 0 unspecified atom stereocenters. The number of fused-ring (bicyclic) bond motifs is 1. The molecule has 6 heteroatoms. The van der Waals surface area contributed by atoms with E-state index in [1.54, 1.807) is 0 Å². The Bertz CT molecular complexity index is 1200. The number of amides is 1. The topological polar surface area (TPSA) is 68.0 Å². The Morgan fingerprint density at radius 1 is 1.03 bits per heavy atom. The van der Waals surface area contributed by atoms with Gasteiger partial charge in [0, 0.05) is 5.56 Å². The van der Waals surface area contributed by atoms with E-state index in [0.29, 0.717) is 11.1 Å². The van der Waals surface area contributed by atoms with E-state index in [1.807, 2.05) is 56.3 Å². The van der Waals surface area contributed by atoms with Crippen LogP contribution in [0.4, 0.5) is 0 Å². The summed E-state index contributed by atoms with van der Waals surface area (Å²) in [7, 11) is 0. The van der Waals surface area contributed by atoms with Crippen LogP contribution >= 0.6 is 11.8 Å². The van der Waals surface area contributed by atoms with Crippen LogP contribution in [0.1, 0.15) is 29.7 Å². The van der Waals surface area contributed by atoms with E-state index in [2.05, 4.69) is 40.6 Å². The highest BCUT2D eigenvalue weighted by Gasteiger charge is 2.15. The second kappa shape index (κ2) is 8.71. The molecule has 0 aliphatic carbocycles. The first-order valence-corrected chi connectivity index (χ1v) is 10.8. The maximum Gasteiger partial charge on any atom is 0.277 e. The highest BCUT2D eigenvalue weighted by atomic mass is 32.2. The Balaban J connectivity index is 1.38. The van der Waals surface area contributed by atoms with E-state index >= 15 is 0 Å². The number of hydrogen-bond donors (Lipinski definition) is 1. The van der Waals surface area contributed by atoms with Gasteiger partial charge < -0.3 is 9.73 Å². The van der Waals surface area contributed by atoms with Crippen molar-refractivity contribution in [3.63, 3.8) is 0 Å². The lowest BCUT2D eigenvalue weighted by Crippen LogP contribution is -2.28. The number of aryl methyl sites for hydroxylation is 2. The van der Waals surface area contributed by atoms with Crippen LogP contribution < -0.4 is 5.32 Å². The fourth-order valence-corrected chi connectivity index (χ4v) is 3.95. The zero-order valence-electron chi connectivity index (χ0n) is 17.2. The molecule has 0 saturated heterocycles. The minimum absolute atomic E-state index is 0.0774. The molecule has 1 atom stereocenters. The molecule has 0 fully saturated rings. The minimum Gasteiger partial charge on any atom is -0.411 e. The predicted octanol–water partition coefficient (Wildman–Crippen LogP) is 5.48. The summed E-state index contributed by atoms with van der Waals surface area (Å²) in [5.74, 6) is 0.598. The summed E-state index contributed by atoms with van der Waals surface area (Å²) in [4.78, 5) is 12.5. The summed E-state index contributed by atoms with van der Waals surface area (Å²) in [6.45, 7) is 6.10. The van der Waals surface area contributed by atoms with Crippen LogP contribution in [-0.2, 0) is 4.79 Å². The largest absolute Gasteiger partial charge is 0.411 e. The number of benzene rings is 3. The third-order valence-corrected chi connectivity index (χ3v) is 5.97. The molecule has 5 nitrogen and oxygen atoms in total. The van der Waals surface area contributed by atoms with Crippen LogP contribution in [-0.4, -0.2) is 21.9 Å². The molecular formula is C24H23N3O2S. The van der Waals surface area contributed by atoms with Gasteiger partial charge in [-0.05, 0) is 60.4 Å². The standard InChI is InChI=1S/C24H23N3O2S/c1-15-11-12-19(13-16(15)2)23-26-27-24(29-23)30-14-22(28)25-17(3)20-10-6-8-18-7-4-5-9-21(18)20/h4-13,17H,14H2,1-3H3,(H,25,28)/t17-/m1/s1. The maximum absolute atomic E-state index is 12.5. The first-order valence-electron chi connectivity index (χ1n) is 9.82. The molecule has 30 heavy (non-hydrogen) atoms. The second-order valence-electron chi connectivity index (χ2n) is 7.32. The van der Waals surface area contributed by atoms with Crippen molar-refractivity contribution in [2.24, 2.45) is 0 Å². The summed E-state index contributed by atoms with van der Waals surface area (Å²) in [6, 6.07) is 20.2. The monoisotopic (exact) mass is 417 g/mol. The molecule has 0 bridgehead atoms. The molecule has 0 spiro atoms. The summed E-state index contributed by atoms with van der Waals surface area (Å²) in [5.41, 5.74) is 4.36. The van der Waals surface area contributed by atoms with Gasteiger partial charge in [0.25, 0.3) is 5.22 Å². The SMILES string of the molecule is Cc1ccc(-c2nnc(SCC(=O)N[C@H](C)c3cccc4ccccc34)o2)cc1C. The van der Waals surface area contributed by atoms with Crippen molar-refractivity contribution >= 4 is 28.4 Å². The molecule has 1 N–H and O–H groups in total. The van der Waals surface area contributed by atoms with Crippen LogP contribution in [0.2, 0.25) is 0 Å². The van der Waals surface area contributed by atoms with Crippen molar-refractivity contribution in [2.45, 2.75) is 32.0 Å². The molecule has 1 amide bonds. The molecule has 0 aliphatic rings. The van der Waals surface area contributed by atoms with Crippen molar-refractivity contribution < 1.29 is 9.21 Å². The molecule has 0 aliphatic heterocycles. The molecule has 3 aromatic carbocycles. The quantitative estimate of drug-likeness (QED) is 0.421. The fraction of sp³-hybridized carbons (Fsp3) is 0.208. The number of carbonyl (C=O) groups excluding carboxylic acids is 1. The van der Waals surface area contributed by atoms with Crippen LogP contribution in [0.15, 0.2) is 70.3 Å². The van der Waals surface area contributed by atoms with Gasteiger partial charge in [-0.2, -0.15) is 0 Å². The maximum atomic E-state index is 12.5. The van der Waals surface area contributed by atoms with Gasteiger partial charge in [0.05, 0.1) is 11.8 Å². The number of hydrogen-bond acceptors (Lipinski definition) is 5. The zero-order chi connectivity index (χ0) is 21.1. The summed E-state index contributed by atoms with van der Waals surface area (Å²) >= 11 is 1.24. The average molecular weight is 418 g/mol. The summed E-state index contributed by atoms with van der Waals surface area (Å²) in [6.07, 6.45) is 0. The lowest BCUT2D eigenvalue weighted by molar-refractivity contribution is -0.119. The van der Waals surface area contributed by atoms with Gasteiger partial charge in [0.15, 0.2) is 0 Å². The summed E-state index contributed by atoms with van der Waals surface area (Å²) in [5, 5.41) is 13.9. The second-order valence-corrected chi connectivity index (χ2v) is 8.25. The number of nitrogens with one attached hydrogen (secondary N) is 1. The van der Waals surface area contributed by atoms with Crippen LogP contribution in [0, 0.1) is 13.8 Å². The van der Waals surface area contributed by atoms with Gasteiger partial charge in [0.2, 0.25) is 11.8 Å². The minimum atomic E-state index is -0.0991. The first kappa shape index (κ1) is 20.2. The van der Waals surface area contributed by atoms with E-state index < -0.39 is 0 Å². The van der Waals surface area contributed by atoms with Crippen LogP contribution in [0.3, 0.4) is 0 Å². The van der Waals surface area contributed by atoms with Crippen LogP contribution in [0.5, 0.6) is 0 Å². The van der Waals surface area contributed by atoms with Crippen LogP contribution in [0.25, 0.3) is 22.2 Å². The number of aromatic nitrogens is 2. The van der Waals surface area contributed by atoms with E-state index in [9.17, 15) is 4.79 Å². The summed E-state index contributed by atoms with van der Waals surface area (Å²) < 4.78 is 5.72. The Kier molecular flexibility index (Phi) is 5.86. The average Bonchev–Trinajstić information content (AvgIpc) is 3.23. The molecule has 1 aromatic heterocycles. The molecular weight excluding hydrogens is 394 g/mol. The first-order chi connectivity index (χ1) is 14.5.